The summed E-state index contributed by atoms with van der Waals surface area (Å²) in [6, 6.07) is 12.7. The lowest BCUT2D eigenvalue weighted by atomic mass is 10.1. The second-order valence-electron chi connectivity index (χ2n) is 4.79. The van der Waals surface area contributed by atoms with Gasteiger partial charge >= 0.3 is 5.97 Å². The summed E-state index contributed by atoms with van der Waals surface area (Å²) >= 11 is 0. The van der Waals surface area contributed by atoms with Crippen LogP contribution < -0.4 is 5.32 Å². The summed E-state index contributed by atoms with van der Waals surface area (Å²) in [5.74, 6) is -1.06. The number of nitrogens with one attached hydrogen (secondary N) is 1. The number of para-hydroxylation sites is 1. The Kier molecular flexibility index (Phi) is 4.48. The zero-order valence-electron chi connectivity index (χ0n) is 12.1. The molecular weight excluding hydrogens is 304 g/mol. The van der Waals surface area contributed by atoms with E-state index in [4.69, 9.17) is 5.11 Å². The molecule has 22 heavy (non-hydrogen) atoms. The Bertz CT molecular complexity index is 801. The molecule has 0 saturated carbocycles. The number of carboxylic acids is 1. The first-order valence-corrected chi connectivity index (χ1v) is 7.88. The standard InChI is InChI=1S/C15H16N2O4S/c1-17(2)22(20,21)12-7-5-6-11(10-12)16-14-9-4-3-8-13(14)15(18)19/h3-10,16H,1-2H3,(H,18,19). The molecule has 116 valence electrons. The van der Waals surface area contributed by atoms with Crippen LogP contribution in [-0.2, 0) is 10.0 Å². The normalized spacial score (nSPS) is 11.4. The lowest BCUT2D eigenvalue weighted by Gasteiger charge is -2.14. The maximum Gasteiger partial charge on any atom is 0.337 e. The summed E-state index contributed by atoms with van der Waals surface area (Å²) < 4.78 is 25.4. The van der Waals surface area contributed by atoms with Crippen LogP contribution in [0.5, 0.6) is 0 Å². The highest BCUT2D eigenvalue weighted by Gasteiger charge is 2.17. The van der Waals surface area contributed by atoms with E-state index < -0.39 is 16.0 Å². The highest BCUT2D eigenvalue weighted by molar-refractivity contribution is 7.89. The Hall–Kier alpha value is -2.38. The van der Waals surface area contributed by atoms with E-state index in [0.29, 0.717) is 11.4 Å². The topological polar surface area (TPSA) is 86.7 Å². The molecular formula is C15H16N2O4S. The van der Waals surface area contributed by atoms with Crippen LogP contribution in [-0.4, -0.2) is 37.9 Å². The number of carbonyl (C=O) groups is 1. The van der Waals surface area contributed by atoms with Gasteiger partial charge in [-0.05, 0) is 30.3 Å². The third kappa shape index (κ3) is 3.26. The lowest BCUT2D eigenvalue weighted by Crippen LogP contribution is -2.22. The molecule has 0 bridgehead atoms. The molecule has 0 radical (unpaired) electrons. The summed E-state index contributed by atoms with van der Waals surface area (Å²) in [6.07, 6.45) is 0. The Balaban J connectivity index is 2.39. The second-order valence-corrected chi connectivity index (χ2v) is 6.94. The molecule has 0 heterocycles. The number of rotatable bonds is 5. The average Bonchev–Trinajstić information content (AvgIpc) is 2.47. The van der Waals surface area contributed by atoms with Crippen molar-refractivity contribution < 1.29 is 18.3 Å². The first-order chi connectivity index (χ1) is 10.3. The van der Waals surface area contributed by atoms with Crippen molar-refractivity contribution in [2.24, 2.45) is 0 Å². The number of nitrogens with zero attached hydrogens (tertiary/aromatic N) is 1. The van der Waals surface area contributed by atoms with Crippen molar-refractivity contribution in [3.63, 3.8) is 0 Å². The van der Waals surface area contributed by atoms with Crippen LogP contribution in [0.1, 0.15) is 10.4 Å². The monoisotopic (exact) mass is 320 g/mol. The Morgan fingerprint density at radius 1 is 1.09 bits per heavy atom. The largest absolute Gasteiger partial charge is 0.478 e. The summed E-state index contributed by atoms with van der Waals surface area (Å²) in [7, 11) is -0.634. The molecule has 0 unspecified atom stereocenters. The molecule has 2 aromatic carbocycles. The van der Waals surface area contributed by atoms with Crippen molar-refractivity contribution in [1.82, 2.24) is 4.31 Å². The van der Waals surface area contributed by atoms with Gasteiger partial charge in [-0.25, -0.2) is 17.5 Å². The number of hydrogen-bond acceptors (Lipinski definition) is 4. The molecule has 0 aliphatic carbocycles. The zero-order valence-corrected chi connectivity index (χ0v) is 13.0. The van der Waals surface area contributed by atoms with Crippen molar-refractivity contribution in [1.29, 1.82) is 0 Å². The second kappa shape index (κ2) is 6.17. The number of hydrogen-bond donors (Lipinski definition) is 2. The summed E-state index contributed by atoms with van der Waals surface area (Å²) in [6.45, 7) is 0. The minimum absolute atomic E-state index is 0.114. The van der Waals surface area contributed by atoms with E-state index in [1.54, 1.807) is 30.3 Å². The number of anilines is 2. The Morgan fingerprint density at radius 3 is 2.41 bits per heavy atom. The summed E-state index contributed by atoms with van der Waals surface area (Å²) in [5, 5.41) is 12.1. The van der Waals surface area contributed by atoms with E-state index >= 15 is 0 Å². The molecule has 0 spiro atoms. The number of benzene rings is 2. The summed E-state index contributed by atoms with van der Waals surface area (Å²) in [4.78, 5) is 11.3. The van der Waals surface area contributed by atoms with Gasteiger partial charge in [0.2, 0.25) is 10.0 Å². The van der Waals surface area contributed by atoms with Crippen LogP contribution in [0.4, 0.5) is 11.4 Å². The van der Waals surface area contributed by atoms with Gasteiger partial charge in [-0.2, -0.15) is 0 Å². The molecule has 2 rings (SSSR count). The molecule has 2 N–H and O–H groups in total. The van der Waals surface area contributed by atoms with E-state index in [-0.39, 0.29) is 10.5 Å². The lowest BCUT2D eigenvalue weighted by molar-refractivity contribution is 0.0698. The van der Waals surface area contributed by atoms with Crippen molar-refractivity contribution in [3.05, 3.63) is 54.1 Å². The fraction of sp³-hybridized carbons (Fsp3) is 0.133. The smallest absolute Gasteiger partial charge is 0.337 e. The van der Waals surface area contributed by atoms with Crippen molar-refractivity contribution in [2.75, 3.05) is 19.4 Å². The van der Waals surface area contributed by atoms with Crippen LogP contribution in [0.3, 0.4) is 0 Å². The van der Waals surface area contributed by atoms with Crippen LogP contribution >= 0.6 is 0 Å². The molecule has 0 saturated heterocycles. The van der Waals surface area contributed by atoms with Gasteiger partial charge in [-0.1, -0.05) is 18.2 Å². The van der Waals surface area contributed by atoms with Crippen molar-refractivity contribution in [3.8, 4) is 0 Å². The van der Waals surface area contributed by atoms with E-state index in [1.807, 2.05) is 0 Å². The van der Waals surface area contributed by atoms with Gasteiger partial charge in [-0.3, -0.25) is 0 Å². The molecule has 0 fully saturated rings. The van der Waals surface area contributed by atoms with E-state index in [0.717, 1.165) is 4.31 Å². The molecule has 6 nitrogen and oxygen atoms in total. The van der Waals surface area contributed by atoms with Crippen LogP contribution in [0.2, 0.25) is 0 Å². The van der Waals surface area contributed by atoms with Gasteiger partial charge < -0.3 is 10.4 Å². The highest BCUT2D eigenvalue weighted by atomic mass is 32.2. The predicted molar refractivity (Wildman–Crippen MR) is 84.0 cm³/mol. The number of aromatic carboxylic acids is 1. The maximum atomic E-state index is 12.1. The first kappa shape index (κ1) is 16.0. The molecule has 0 amide bonds. The van der Waals surface area contributed by atoms with Gasteiger partial charge in [0.15, 0.2) is 0 Å². The molecule has 0 atom stereocenters. The third-order valence-corrected chi connectivity index (χ3v) is 4.86. The van der Waals surface area contributed by atoms with Gasteiger partial charge in [0, 0.05) is 19.8 Å². The summed E-state index contributed by atoms with van der Waals surface area (Å²) in [5.41, 5.74) is 1.01. The Labute approximate surface area is 129 Å². The van der Waals surface area contributed by atoms with Crippen molar-refractivity contribution >= 4 is 27.4 Å². The third-order valence-electron chi connectivity index (χ3n) is 3.05. The first-order valence-electron chi connectivity index (χ1n) is 6.44. The van der Waals surface area contributed by atoms with Gasteiger partial charge in [0.05, 0.1) is 16.1 Å². The molecule has 0 aliphatic heterocycles. The van der Waals surface area contributed by atoms with Crippen molar-refractivity contribution in [2.45, 2.75) is 4.90 Å². The van der Waals surface area contributed by atoms with Gasteiger partial charge in [0.25, 0.3) is 0 Å². The SMILES string of the molecule is CN(C)S(=O)(=O)c1cccc(Nc2ccccc2C(=O)O)c1. The zero-order chi connectivity index (χ0) is 16.3. The quantitative estimate of drug-likeness (QED) is 0.883. The van der Waals surface area contributed by atoms with E-state index in [1.165, 1.54) is 32.3 Å². The number of sulfonamides is 1. The Morgan fingerprint density at radius 2 is 1.77 bits per heavy atom. The van der Waals surface area contributed by atoms with Crippen LogP contribution in [0.15, 0.2) is 53.4 Å². The van der Waals surface area contributed by atoms with Crippen LogP contribution in [0.25, 0.3) is 0 Å². The molecule has 2 aromatic rings. The van der Waals surface area contributed by atoms with Gasteiger partial charge in [-0.15, -0.1) is 0 Å². The maximum absolute atomic E-state index is 12.1. The minimum atomic E-state index is -3.54. The fourth-order valence-electron chi connectivity index (χ4n) is 1.88. The van der Waals surface area contributed by atoms with E-state index in [2.05, 4.69) is 5.32 Å². The minimum Gasteiger partial charge on any atom is -0.478 e. The predicted octanol–water partition coefficient (Wildman–Crippen LogP) is 2.38. The molecule has 7 heteroatoms. The van der Waals surface area contributed by atoms with Crippen LogP contribution in [0, 0.1) is 0 Å². The molecule has 0 aromatic heterocycles. The van der Waals surface area contributed by atoms with Gasteiger partial charge in [0.1, 0.15) is 0 Å². The highest BCUT2D eigenvalue weighted by Crippen LogP contribution is 2.23. The van der Waals surface area contributed by atoms with E-state index in [9.17, 15) is 13.2 Å². The fourth-order valence-corrected chi connectivity index (χ4v) is 2.83. The number of carboxylic acid groups (broad SMARTS) is 1. The molecule has 0 aliphatic rings. The average molecular weight is 320 g/mol.